The van der Waals surface area contributed by atoms with Crippen molar-refractivity contribution in [1.29, 1.82) is 0 Å². The molecule has 5 nitrogen and oxygen atoms in total. The lowest BCUT2D eigenvalue weighted by Gasteiger charge is -2.23. The zero-order valence-electron chi connectivity index (χ0n) is 11.7. The van der Waals surface area contributed by atoms with Crippen molar-refractivity contribution < 1.29 is 18.4 Å². The molecule has 2 aromatic rings. The van der Waals surface area contributed by atoms with Gasteiger partial charge in [0.2, 0.25) is 0 Å². The summed E-state index contributed by atoms with van der Waals surface area (Å²) in [5.74, 6) is -0.205. The van der Waals surface area contributed by atoms with Gasteiger partial charge in [-0.05, 0) is 41.7 Å². The van der Waals surface area contributed by atoms with Crippen LogP contribution in [0.3, 0.4) is 0 Å². The molecule has 1 aliphatic rings. The van der Waals surface area contributed by atoms with Gasteiger partial charge in [-0.15, -0.1) is 0 Å². The second kappa shape index (κ2) is 6.67. The molecule has 1 N–H and O–H groups in total. The van der Waals surface area contributed by atoms with E-state index in [9.17, 15) is 8.87 Å². The molecule has 0 amide bonds. The average Bonchev–Trinajstić information content (AvgIpc) is 2.57. The third-order valence-electron chi connectivity index (χ3n) is 3.23. The van der Waals surface area contributed by atoms with Gasteiger partial charge < -0.3 is 14.9 Å². The van der Waals surface area contributed by atoms with Gasteiger partial charge in [-0.25, -0.2) is 4.39 Å². The summed E-state index contributed by atoms with van der Waals surface area (Å²) in [6.45, 7) is 2.15. The van der Waals surface area contributed by atoms with Gasteiger partial charge >= 0.3 is 0 Å². The van der Waals surface area contributed by atoms with Crippen molar-refractivity contribution in [3.8, 4) is 5.75 Å². The van der Waals surface area contributed by atoms with Crippen LogP contribution in [-0.2, 0) is 4.74 Å². The molecular weight excluding hydrogens is 292 g/mol. The van der Waals surface area contributed by atoms with E-state index in [0.717, 1.165) is 24.4 Å². The van der Waals surface area contributed by atoms with Crippen LogP contribution in [0.25, 0.3) is 0 Å². The number of hydrogen-bond donors (Lipinski definition) is 1. The Morgan fingerprint density at radius 1 is 1.23 bits per heavy atom. The van der Waals surface area contributed by atoms with Crippen molar-refractivity contribution in [3.63, 3.8) is 0 Å². The lowest BCUT2D eigenvalue weighted by Crippen LogP contribution is -2.33. The highest BCUT2D eigenvalue weighted by atomic mass is 19.2. The first kappa shape index (κ1) is 14.7. The summed E-state index contributed by atoms with van der Waals surface area (Å²) in [4.78, 5) is 9.23. The van der Waals surface area contributed by atoms with Gasteiger partial charge in [0.15, 0.2) is 5.75 Å². The number of hydrogen-bond acceptors (Lipinski definition) is 5. The molecule has 22 heavy (non-hydrogen) atoms. The monoisotopic (exact) mass is 307 g/mol. The third-order valence-corrected chi connectivity index (χ3v) is 3.23. The van der Waals surface area contributed by atoms with Gasteiger partial charge in [-0.1, -0.05) is 4.48 Å². The number of rotatable bonds is 4. The first-order valence-corrected chi connectivity index (χ1v) is 6.90. The number of nitrogens with zero attached hydrogens (tertiary/aromatic N) is 2. The summed E-state index contributed by atoms with van der Waals surface area (Å²) in [7, 11) is 0. The highest BCUT2D eigenvalue weighted by Gasteiger charge is 2.17. The summed E-state index contributed by atoms with van der Waals surface area (Å²) >= 11 is 0. The largest absolute Gasteiger partial charge is 0.369 e. The second-order valence-corrected chi connectivity index (χ2v) is 4.79. The topological polar surface area (TPSA) is 46.6 Å². The Morgan fingerprint density at radius 2 is 2.05 bits per heavy atom. The van der Waals surface area contributed by atoms with E-state index in [0.29, 0.717) is 13.2 Å². The van der Waals surface area contributed by atoms with Crippen LogP contribution in [-0.4, -0.2) is 24.7 Å². The van der Waals surface area contributed by atoms with Crippen LogP contribution in [0.4, 0.5) is 14.6 Å². The van der Waals surface area contributed by atoms with Crippen molar-refractivity contribution in [2.24, 2.45) is 0 Å². The standard InChI is InChI=1S/C15H15F2N3O2/c16-11-1-3-12(4-2-11)20(17)22-13-5-6-14(19-9-13)15-10-18-7-8-21-15/h1-6,9,15,18H,7-8,10H2. The molecule has 1 fully saturated rings. The number of morpholine rings is 1. The SMILES string of the molecule is Fc1ccc(N(F)Oc2ccc(C3CNCCO3)nc2)cc1. The molecule has 3 rings (SSSR count). The third kappa shape index (κ3) is 3.49. The highest BCUT2D eigenvalue weighted by molar-refractivity contribution is 5.42. The van der Waals surface area contributed by atoms with E-state index in [1.807, 2.05) is 0 Å². The Bertz CT molecular complexity index is 601. The van der Waals surface area contributed by atoms with E-state index in [4.69, 9.17) is 9.57 Å². The van der Waals surface area contributed by atoms with Crippen molar-refractivity contribution >= 4 is 5.69 Å². The Balaban J connectivity index is 1.64. The zero-order chi connectivity index (χ0) is 15.4. The van der Waals surface area contributed by atoms with Crippen LogP contribution < -0.4 is 15.4 Å². The van der Waals surface area contributed by atoms with Crippen molar-refractivity contribution in [2.75, 3.05) is 25.0 Å². The fourth-order valence-electron chi connectivity index (χ4n) is 2.10. The smallest absolute Gasteiger partial charge is 0.177 e. The van der Waals surface area contributed by atoms with Gasteiger partial charge in [0.05, 0.1) is 18.5 Å². The molecule has 1 aromatic carbocycles. The molecule has 1 aliphatic heterocycles. The van der Waals surface area contributed by atoms with Gasteiger partial charge in [0.25, 0.3) is 0 Å². The van der Waals surface area contributed by atoms with E-state index in [1.54, 1.807) is 12.1 Å². The summed E-state index contributed by atoms with van der Waals surface area (Å²) in [6, 6.07) is 8.19. The predicted octanol–water partition coefficient (Wildman–Crippen LogP) is 2.57. The quantitative estimate of drug-likeness (QED) is 0.695. The van der Waals surface area contributed by atoms with Crippen LogP contribution in [0.5, 0.6) is 5.75 Å². The minimum Gasteiger partial charge on any atom is -0.369 e. The highest BCUT2D eigenvalue weighted by Crippen LogP contribution is 2.22. The van der Waals surface area contributed by atoms with Crippen molar-refractivity contribution in [2.45, 2.75) is 6.10 Å². The lowest BCUT2D eigenvalue weighted by atomic mass is 10.2. The molecule has 1 atom stereocenters. The number of pyridine rings is 1. The van der Waals surface area contributed by atoms with Crippen molar-refractivity contribution in [3.05, 3.63) is 54.1 Å². The van der Waals surface area contributed by atoms with E-state index in [-0.39, 0.29) is 22.8 Å². The minimum absolute atomic E-state index is 0.0643. The summed E-state index contributed by atoms with van der Waals surface area (Å²) < 4.78 is 32.2. The molecule has 0 spiro atoms. The normalized spacial score (nSPS) is 18.0. The van der Waals surface area contributed by atoms with E-state index in [2.05, 4.69) is 10.3 Å². The number of nitrogens with one attached hydrogen (secondary N) is 1. The molecule has 2 heterocycles. The maximum atomic E-state index is 13.8. The van der Waals surface area contributed by atoms with E-state index in [1.165, 1.54) is 18.3 Å². The molecule has 1 aromatic heterocycles. The van der Waals surface area contributed by atoms with Crippen LogP contribution in [0.15, 0.2) is 42.6 Å². The van der Waals surface area contributed by atoms with Crippen LogP contribution in [0.2, 0.25) is 0 Å². The molecular formula is C15H15F2N3O2. The average molecular weight is 307 g/mol. The fraction of sp³-hybridized carbons (Fsp3) is 0.267. The molecule has 1 unspecified atom stereocenters. The Kier molecular flexibility index (Phi) is 4.45. The van der Waals surface area contributed by atoms with E-state index >= 15 is 0 Å². The van der Waals surface area contributed by atoms with Gasteiger partial charge in [0, 0.05) is 13.1 Å². The van der Waals surface area contributed by atoms with E-state index < -0.39 is 5.82 Å². The maximum Gasteiger partial charge on any atom is 0.177 e. The minimum atomic E-state index is -0.440. The molecule has 0 saturated carbocycles. The number of benzene rings is 1. The molecule has 0 bridgehead atoms. The number of halogens is 2. The molecule has 0 radical (unpaired) electrons. The summed E-state index contributed by atoms with van der Waals surface area (Å²) in [6.07, 6.45) is 1.31. The number of aromatic nitrogens is 1. The first-order valence-electron chi connectivity index (χ1n) is 6.90. The molecule has 0 aliphatic carbocycles. The Morgan fingerprint density at radius 3 is 2.68 bits per heavy atom. The second-order valence-electron chi connectivity index (χ2n) is 4.79. The van der Waals surface area contributed by atoms with Crippen LogP contribution in [0, 0.1) is 5.82 Å². The lowest BCUT2D eigenvalue weighted by molar-refractivity contribution is 0.0249. The number of ether oxygens (including phenoxy) is 1. The summed E-state index contributed by atoms with van der Waals surface area (Å²) in [5, 5.41) is 3.28. The van der Waals surface area contributed by atoms with Gasteiger partial charge in [0.1, 0.15) is 17.6 Å². The zero-order valence-corrected chi connectivity index (χ0v) is 11.7. The van der Waals surface area contributed by atoms with Crippen LogP contribution in [0.1, 0.15) is 11.8 Å². The molecule has 116 valence electrons. The molecule has 1 saturated heterocycles. The summed E-state index contributed by atoms with van der Waals surface area (Å²) in [5.41, 5.74) is 0.844. The van der Waals surface area contributed by atoms with Gasteiger partial charge in [-0.2, -0.15) is 0 Å². The van der Waals surface area contributed by atoms with Crippen molar-refractivity contribution in [1.82, 2.24) is 10.3 Å². The van der Waals surface area contributed by atoms with Crippen LogP contribution >= 0.6 is 0 Å². The maximum absolute atomic E-state index is 13.8. The Hall–Kier alpha value is -2.25. The Labute approximate surface area is 126 Å². The fourth-order valence-corrected chi connectivity index (χ4v) is 2.10. The predicted molar refractivity (Wildman–Crippen MR) is 76.4 cm³/mol. The van der Waals surface area contributed by atoms with Gasteiger partial charge in [-0.3, -0.25) is 4.98 Å². The molecule has 7 heteroatoms. The first-order chi connectivity index (χ1) is 10.7. The number of anilines is 1.